The Hall–Kier alpha value is -2.53. The molecule has 0 bridgehead atoms. The molecule has 31 heavy (non-hydrogen) atoms. The molecule has 2 N–H and O–H groups in total. The molecule has 0 aliphatic carbocycles. The molecule has 0 radical (unpaired) electrons. The van der Waals surface area contributed by atoms with Crippen molar-refractivity contribution < 1.29 is 9.59 Å². The average molecular weight is 476 g/mol. The Bertz CT molecular complexity index is 1060. The molecule has 0 saturated carbocycles. The standard InChI is InChI=1S/C24H21Cl3N2O2/c25-18-11-10-16(21(27)14-18)12-13-28-23(30)15-22(17-6-2-1-3-7-17)29-24(31)19-8-4-5-9-20(19)26/h1-11,14,22H,12-13,15H2,(H,28,30)(H,29,31)/t22-/m0/s1. The van der Waals surface area contributed by atoms with E-state index >= 15 is 0 Å². The lowest BCUT2D eigenvalue weighted by molar-refractivity contribution is -0.121. The first-order valence-corrected chi connectivity index (χ1v) is 10.9. The van der Waals surface area contributed by atoms with Gasteiger partial charge in [-0.25, -0.2) is 0 Å². The molecule has 0 saturated heterocycles. The Morgan fingerprint density at radius 2 is 1.55 bits per heavy atom. The first-order chi connectivity index (χ1) is 14.9. The van der Waals surface area contributed by atoms with Gasteiger partial charge in [0.15, 0.2) is 0 Å². The fraction of sp³-hybridized carbons (Fsp3) is 0.167. The van der Waals surface area contributed by atoms with Gasteiger partial charge in [0.1, 0.15) is 0 Å². The zero-order chi connectivity index (χ0) is 22.2. The van der Waals surface area contributed by atoms with Crippen molar-refractivity contribution in [3.8, 4) is 0 Å². The molecular weight excluding hydrogens is 455 g/mol. The van der Waals surface area contributed by atoms with Crippen molar-refractivity contribution in [2.24, 2.45) is 0 Å². The minimum atomic E-state index is -0.496. The maximum absolute atomic E-state index is 12.7. The molecule has 1 atom stereocenters. The fourth-order valence-corrected chi connectivity index (χ4v) is 3.86. The Balaban J connectivity index is 1.63. The first kappa shape index (κ1) is 23.1. The summed E-state index contributed by atoms with van der Waals surface area (Å²) in [6.45, 7) is 0.417. The number of carbonyl (C=O) groups excluding carboxylic acids is 2. The molecule has 7 heteroatoms. The van der Waals surface area contributed by atoms with Gasteiger partial charge in [0, 0.05) is 16.6 Å². The van der Waals surface area contributed by atoms with Gasteiger partial charge in [-0.1, -0.05) is 83.3 Å². The molecule has 3 aromatic carbocycles. The van der Waals surface area contributed by atoms with Gasteiger partial charge in [-0.15, -0.1) is 0 Å². The fourth-order valence-electron chi connectivity index (χ4n) is 3.14. The minimum absolute atomic E-state index is 0.0918. The number of amides is 2. The SMILES string of the molecule is O=C(C[C@H](NC(=O)c1ccccc1Cl)c1ccccc1)NCCc1ccc(Cl)cc1Cl. The van der Waals surface area contributed by atoms with Crippen molar-refractivity contribution >= 4 is 46.6 Å². The van der Waals surface area contributed by atoms with E-state index in [4.69, 9.17) is 34.8 Å². The van der Waals surface area contributed by atoms with Crippen LogP contribution < -0.4 is 10.6 Å². The van der Waals surface area contributed by atoms with E-state index in [9.17, 15) is 9.59 Å². The van der Waals surface area contributed by atoms with Crippen molar-refractivity contribution in [2.75, 3.05) is 6.54 Å². The van der Waals surface area contributed by atoms with Crippen molar-refractivity contribution in [3.63, 3.8) is 0 Å². The number of rotatable bonds is 8. The maximum atomic E-state index is 12.7. The molecule has 2 amide bonds. The Morgan fingerprint density at radius 1 is 0.839 bits per heavy atom. The summed E-state index contributed by atoms with van der Waals surface area (Å²) < 4.78 is 0. The lowest BCUT2D eigenvalue weighted by Crippen LogP contribution is -2.34. The normalized spacial score (nSPS) is 11.6. The monoisotopic (exact) mass is 474 g/mol. The molecule has 160 valence electrons. The van der Waals surface area contributed by atoms with E-state index in [0.717, 1.165) is 11.1 Å². The highest BCUT2D eigenvalue weighted by molar-refractivity contribution is 6.35. The van der Waals surface area contributed by atoms with Crippen LogP contribution >= 0.6 is 34.8 Å². The van der Waals surface area contributed by atoms with Crippen LogP contribution in [0.1, 0.15) is 33.9 Å². The third-order valence-electron chi connectivity index (χ3n) is 4.75. The molecule has 3 aromatic rings. The second-order valence-electron chi connectivity index (χ2n) is 6.96. The van der Waals surface area contributed by atoms with Crippen LogP contribution in [0.2, 0.25) is 15.1 Å². The van der Waals surface area contributed by atoms with Gasteiger partial charge in [-0.2, -0.15) is 0 Å². The second-order valence-corrected chi connectivity index (χ2v) is 8.21. The van der Waals surface area contributed by atoms with Gasteiger partial charge >= 0.3 is 0 Å². The molecule has 0 aromatic heterocycles. The van der Waals surface area contributed by atoms with Crippen LogP contribution in [-0.4, -0.2) is 18.4 Å². The van der Waals surface area contributed by atoms with Crippen LogP contribution in [0.3, 0.4) is 0 Å². The van der Waals surface area contributed by atoms with Gasteiger partial charge in [0.25, 0.3) is 5.91 Å². The van der Waals surface area contributed by atoms with Gasteiger partial charge in [0.2, 0.25) is 5.91 Å². The molecule has 0 aliphatic heterocycles. The molecule has 0 aliphatic rings. The van der Waals surface area contributed by atoms with Gasteiger partial charge < -0.3 is 10.6 Å². The molecule has 3 rings (SSSR count). The van der Waals surface area contributed by atoms with Crippen LogP contribution in [0.25, 0.3) is 0 Å². The van der Waals surface area contributed by atoms with Crippen molar-refractivity contribution in [3.05, 3.63) is 105 Å². The number of carbonyl (C=O) groups is 2. The van der Waals surface area contributed by atoms with E-state index in [2.05, 4.69) is 10.6 Å². The van der Waals surface area contributed by atoms with Crippen LogP contribution in [-0.2, 0) is 11.2 Å². The third-order valence-corrected chi connectivity index (χ3v) is 5.66. The highest BCUT2D eigenvalue weighted by Crippen LogP contribution is 2.22. The van der Waals surface area contributed by atoms with Crippen LogP contribution in [0, 0.1) is 0 Å². The van der Waals surface area contributed by atoms with E-state index < -0.39 is 6.04 Å². The zero-order valence-corrected chi connectivity index (χ0v) is 18.8. The summed E-state index contributed by atoms with van der Waals surface area (Å²) in [6.07, 6.45) is 0.665. The predicted molar refractivity (Wildman–Crippen MR) is 126 cm³/mol. The number of hydrogen-bond donors (Lipinski definition) is 2. The molecule has 4 nitrogen and oxygen atoms in total. The smallest absolute Gasteiger partial charge is 0.253 e. The Labute approximate surface area is 196 Å². The lowest BCUT2D eigenvalue weighted by Gasteiger charge is -2.19. The summed E-state index contributed by atoms with van der Waals surface area (Å²) in [7, 11) is 0. The van der Waals surface area contributed by atoms with Crippen molar-refractivity contribution in [2.45, 2.75) is 18.9 Å². The topological polar surface area (TPSA) is 58.2 Å². The van der Waals surface area contributed by atoms with Gasteiger partial charge in [0.05, 0.1) is 23.0 Å². The van der Waals surface area contributed by atoms with E-state index in [1.54, 1.807) is 36.4 Å². The lowest BCUT2D eigenvalue weighted by atomic mass is 10.0. The minimum Gasteiger partial charge on any atom is -0.356 e. The summed E-state index contributed by atoms with van der Waals surface area (Å²) in [4.78, 5) is 25.3. The summed E-state index contributed by atoms with van der Waals surface area (Å²) in [5.74, 6) is -0.515. The molecule has 0 spiro atoms. The number of nitrogens with one attached hydrogen (secondary N) is 2. The molecule has 0 heterocycles. The van der Waals surface area contributed by atoms with E-state index in [-0.39, 0.29) is 18.2 Å². The third kappa shape index (κ3) is 6.73. The largest absolute Gasteiger partial charge is 0.356 e. The first-order valence-electron chi connectivity index (χ1n) is 9.75. The quantitative estimate of drug-likeness (QED) is 0.428. The Morgan fingerprint density at radius 3 is 2.26 bits per heavy atom. The highest BCUT2D eigenvalue weighted by Gasteiger charge is 2.20. The van der Waals surface area contributed by atoms with Crippen molar-refractivity contribution in [1.29, 1.82) is 0 Å². The van der Waals surface area contributed by atoms with E-state index in [1.807, 2.05) is 36.4 Å². The average Bonchev–Trinajstić information content (AvgIpc) is 2.75. The molecular formula is C24H21Cl3N2O2. The van der Waals surface area contributed by atoms with Crippen LogP contribution in [0.15, 0.2) is 72.8 Å². The predicted octanol–water partition coefficient (Wildman–Crippen LogP) is 5.87. The second kappa shape index (κ2) is 11.2. The number of halogens is 3. The number of hydrogen-bond acceptors (Lipinski definition) is 2. The Kier molecular flexibility index (Phi) is 8.35. The van der Waals surface area contributed by atoms with E-state index in [1.165, 1.54) is 0 Å². The molecule has 0 unspecified atom stereocenters. The summed E-state index contributed by atoms with van der Waals surface area (Å²) in [5.41, 5.74) is 2.10. The summed E-state index contributed by atoms with van der Waals surface area (Å²) in [6, 6.07) is 20.9. The van der Waals surface area contributed by atoms with Gasteiger partial charge in [-0.3, -0.25) is 9.59 Å². The summed E-state index contributed by atoms with van der Waals surface area (Å²) >= 11 is 18.2. The van der Waals surface area contributed by atoms with Gasteiger partial charge in [-0.05, 0) is 41.8 Å². The number of benzene rings is 3. The molecule has 0 fully saturated rings. The maximum Gasteiger partial charge on any atom is 0.253 e. The zero-order valence-electron chi connectivity index (χ0n) is 16.6. The van der Waals surface area contributed by atoms with Crippen molar-refractivity contribution in [1.82, 2.24) is 10.6 Å². The van der Waals surface area contributed by atoms with Crippen LogP contribution in [0.5, 0.6) is 0 Å². The highest BCUT2D eigenvalue weighted by atomic mass is 35.5. The van der Waals surface area contributed by atoms with Crippen LogP contribution in [0.4, 0.5) is 0 Å². The van der Waals surface area contributed by atoms with E-state index in [0.29, 0.717) is 33.6 Å². The summed E-state index contributed by atoms with van der Waals surface area (Å²) in [5, 5.41) is 7.31.